The average molecular weight is 351 g/mol. The first-order chi connectivity index (χ1) is 11.9. The summed E-state index contributed by atoms with van der Waals surface area (Å²) in [6.07, 6.45) is 1.34. The normalized spacial score (nSPS) is 21.2. The first-order valence-electron chi connectivity index (χ1n) is 8.05. The second-order valence-corrected chi connectivity index (χ2v) is 6.41. The number of amides is 1. The zero-order chi connectivity index (χ0) is 17.6. The number of nitrogens with one attached hydrogen (secondary N) is 2. The Morgan fingerprint density at radius 1 is 1.36 bits per heavy atom. The molecule has 1 saturated carbocycles. The van der Waals surface area contributed by atoms with Crippen LogP contribution in [0.4, 0.5) is 13.2 Å². The Balaban J connectivity index is 1.53. The van der Waals surface area contributed by atoms with Crippen molar-refractivity contribution in [3.63, 3.8) is 0 Å². The lowest BCUT2D eigenvalue weighted by Gasteiger charge is -2.16. The van der Waals surface area contributed by atoms with Crippen LogP contribution >= 0.6 is 0 Å². The minimum absolute atomic E-state index is 0.0849. The third-order valence-corrected chi connectivity index (χ3v) is 4.64. The number of carbonyl (C=O) groups excluding carboxylic acids is 1. The molecule has 0 aliphatic heterocycles. The van der Waals surface area contributed by atoms with Crippen molar-refractivity contribution in [3.05, 3.63) is 24.8 Å². The molecule has 6 nitrogen and oxygen atoms in total. The number of carbonyl (C=O) groups is 1. The Morgan fingerprint density at radius 2 is 2.20 bits per heavy atom. The number of H-pyrrole nitrogens is 1. The van der Waals surface area contributed by atoms with Gasteiger partial charge in [0.05, 0.1) is 18.0 Å². The fraction of sp³-hybridized carbons (Fsp3) is 0.438. The van der Waals surface area contributed by atoms with Crippen LogP contribution in [0.25, 0.3) is 22.1 Å². The van der Waals surface area contributed by atoms with Crippen LogP contribution in [0.2, 0.25) is 0 Å². The highest BCUT2D eigenvalue weighted by molar-refractivity contribution is 6.00. The average Bonchev–Trinajstić information content (AvgIpc) is 3.22. The van der Waals surface area contributed by atoms with Crippen LogP contribution in [0.3, 0.4) is 0 Å². The van der Waals surface area contributed by atoms with Gasteiger partial charge in [-0.2, -0.15) is 13.2 Å². The molecule has 1 amide bonds. The predicted molar refractivity (Wildman–Crippen MR) is 84.9 cm³/mol. The van der Waals surface area contributed by atoms with E-state index in [1.54, 1.807) is 12.5 Å². The quantitative estimate of drug-likeness (QED) is 0.761. The van der Waals surface area contributed by atoms with Crippen LogP contribution in [0.5, 0.6) is 0 Å². The van der Waals surface area contributed by atoms with Gasteiger partial charge in [-0.05, 0) is 25.3 Å². The van der Waals surface area contributed by atoms with Gasteiger partial charge in [0, 0.05) is 23.7 Å². The molecule has 0 aromatic carbocycles. The summed E-state index contributed by atoms with van der Waals surface area (Å²) in [6.45, 7) is 0. The molecular formula is C16H16F3N5O. The lowest BCUT2D eigenvalue weighted by molar-refractivity contribution is -0.154. The summed E-state index contributed by atoms with van der Waals surface area (Å²) >= 11 is 0. The largest absolute Gasteiger partial charge is 0.397 e. The molecule has 4 rings (SSSR count). The van der Waals surface area contributed by atoms with Gasteiger partial charge in [-0.25, -0.2) is 9.97 Å². The summed E-state index contributed by atoms with van der Waals surface area (Å²) in [5.74, 6) is -0.967. The minimum Gasteiger partial charge on any atom is -0.353 e. The van der Waals surface area contributed by atoms with E-state index in [9.17, 15) is 18.0 Å². The van der Waals surface area contributed by atoms with Crippen molar-refractivity contribution in [1.82, 2.24) is 24.8 Å². The number of pyridine rings is 1. The summed E-state index contributed by atoms with van der Waals surface area (Å²) < 4.78 is 38.9. The topological polar surface area (TPSA) is 75.6 Å². The Labute approximate surface area is 140 Å². The number of nitrogens with zero attached hydrogens (tertiary/aromatic N) is 3. The lowest BCUT2D eigenvalue weighted by atomic mass is 10.2. The van der Waals surface area contributed by atoms with Gasteiger partial charge in [-0.3, -0.25) is 4.79 Å². The molecule has 132 valence electrons. The summed E-state index contributed by atoms with van der Waals surface area (Å²) in [5, 5.41) is 3.45. The Kier molecular flexibility index (Phi) is 3.66. The van der Waals surface area contributed by atoms with E-state index < -0.39 is 18.5 Å². The molecule has 1 aliphatic carbocycles. The van der Waals surface area contributed by atoms with Crippen LogP contribution in [0.15, 0.2) is 24.8 Å². The first-order valence-corrected chi connectivity index (χ1v) is 8.05. The molecule has 2 N–H and O–H groups in total. The van der Waals surface area contributed by atoms with Gasteiger partial charge in [-0.15, -0.1) is 0 Å². The number of halogens is 3. The molecule has 0 saturated heterocycles. The van der Waals surface area contributed by atoms with Gasteiger partial charge < -0.3 is 14.9 Å². The van der Waals surface area contributed by atoms with Crippen LogP contribution in [0, 0.1) is 0 Å². The van der Waals surface area contributed by atoms with Crippen molar-refractivity contribution in [1.29, 1.82) is 0 Å². The molecule has 3 aromatic heterocycles. The van der Waals surface area contributed by atoms with Gasteiger partial charge >= 0.3 is 6.18 Å². The van der Waals surface area contributed by atoms with E-state index in [0.717, 1.165) is 28.5 Å². The number of aromatic amines is 1. The van der Waals surface area contributed by atoms with E-state index in [0.29, 0.717) is 12.8 Å². The molecule has 0 bridgehead atoms. The van der Waals surface area contributed by atoms with Gasteiger partial charge in [0.15, 0.2) is 0 Å². The maximum Gasteiger partial charge on any atom is 0.397 e. The van der Waals surface area contributed by atoms with Gasteiger partial charge in [0.25, 0.3) is 0 Å². The van der Waals surface area contributed by atoms with E-state index in [2.05, 4.69) is 20.3 Å². The fourth-order valence-corrected chi connectivity index (χ4v) is 3.61. The molecule has 0 radical (unpaired) electrons. The van der Waals surface area contributed by atoms with Crippen molar-refractivity contribution >= 4 is 28.0 Å². The van der Waals surface area contributed by atoms with Crippen LogP contribution in [-0.2, 0) is 4.79 Å². The zero-order valence-electron chi connectivity index (χ0n) is 13.2. The van der Waals surface area contributed by atoms with E-state index in [-0.39, 0.29) is 12.1 Å². The molecule has 2 atom stereocenters. The number of imidazole rings is 1. The number of hydrogen-bond acceptors (Lipinski definition) is 3. The molecule has 25 heavy (non-hydrogen) atoms. The SMILES string of the molecule is O=C(CC(F)(F)F)NC1CCC(n2cnc3cnc4[nH]ccc4c32)C1. The zero-order valence-corrected chi connectivity index (χ0v) is 13.2. The van der Waals surface area contributed by atoms with Crippen LogP contribution in [-0.4, -0.2) is 37.6 Å². The highest BCUT2D eigenvalue weighted by Crippen LogP contribution is 2.34. The summed E-state index contributed by atoms with van der Waals surface area (Å²) in [6, 6.07) is 1.77. The molecule has 1 aliphatic rings. The Morgan fingerprint density at radius 3 is 3.00 bits per heavy atom. The second kappa shape index (κ2) is 5.75. The Hall–Kier alpha value is -2.58. The maximum atomic E-state index is 12.3. The number of alkyl halides is 3. The molecule has 3 heterocycles. The first kappa shape index (κ1) is 15.9. The summed E-state index contributed by atoms with van der Waals surface area (Å²) in [4.78, 5) is 23.2. The third-order valence-electron chi connectivity index (χ3n) is 4.64. The van der Waals surface area contributed by atoms with Crippen molar-refractivity contribution in [2.45, 2.75) is 43.9 Å². The highest BCUT2D eigenvalue weighted by atomic mass is 19.4. The second-order valence-electron chi connectivity index (χ2n) is 6.41. The molecule has 2 unspecified atom stereocenters. The molecule has 3 aromatic rings. The maximum absolute atomic E-state index is 12.3. The van der Waals surface area contributed by atoms with E-state index in [1.165, 1.54) is 0 Å². The van der Waals surface area contributed by atoms with Crippen molar-refractivity contribution in [2.75, 3.05) is 0 Å². The van der Waals surface area contributed by atoms with Gasteiger partial charge in [0.1, 0.15) is 17.6 Å². The minimum atomic E-state index is -4.48. The number of hydrogen-bond donors (Lipinski definition) is 2. The van der Waals surface area contributed by atoms with Crippen molar-refractivity contribution < 1.29 is 18.0 Å². The van der Waals surface area contributed by atoms with Crippen LogP contribution in [0.1, 0.15) is 31.7 Å². The molecule has 0 spiro atoms. The fourth-order valence-electron chi connectivity index (χ4n) is 3.61. The third kappa shape index (κ3) is 3.06. The number of aromatic nitrogens is 4. The van der Waals surface area contributed by atoms with E-state index >= 15 is 0 Å². The molecule has 9 heteroatoms. The van der Waals surface area contributed by atoms with E-state index in [4.69, 9.17) is 0 Å². The van der Waals surface area contributed by atoms with Gasteiger partial charge in [-0.1, -0.05) is 0 Å². The van der Waals surface area contributed by atoms with E-state index in [1.807, 2.05) is 16.8 Å². The monoisotopic (exact) mass is 351 g/mol. The number of rotatable bonds is 3. The summed E-state index contributed by atoms with van der Waals surface area (Å²) in [5.41, 5.74) is 2.50. The van der Waals surface area contributed by atoms with Crippen molar-refractivity contribution in [3.8, 4) is 0 Å². The molecular weight excluding hydrogens is 335 g/mol. The number of fused-ring (bicyclic) bond motifs is 3. The lowest BCUT2D eigenvalue weighted by Crippen LogP contribution is -2.35. The van der Waals surface area contributed by atoms with Crippen LogP contribution < -0.4 is 5.32 Å². The predicted octanol–water partition coefficient (Wildman–Crippen LogP) is 3.07. The standard InChI is InChI=1S/C16H16F3N5O/c17-16(18,19)6-13(25)23-9-1-2-10(5-9)24-8-22-12-7-21-15-11(14(12)24)3-4-20-15/h3-4,7-10H,1-2,5-6H2,(H,20,21)(H,23,25). The van der Waals surface area contributed by atoms with Crippen molar-refractivity contribution in [2.24, 2.45) is 0 Å². The van der Waals surface area contributed by atoms with Gasteiger partial charge in [0.2, 0.25) is 5.91 Å². The highest BCUT2D eigenvalue weighted by Gasteiger charge is 2.34. The Bertz CT molecular complexity index is 929. The summed E-state index contributed by atoms with van der Waals surface area (Å²) in [7, 11) is 0. The smallest absolute Gasteiger partial charge is 0.353 e. The molecule has 1 fully saturated rings.